The summed E-state index contributed by atoms with van der Waals surface area (Å²) in [5.74, 6) is 5.29. The van der Waals surface area contributed by atoms with Crippen LogP contribution in [0.3, 0.4) is 0 Å². The van der Waals surface area contributed by atoms with E-state index in [-0.39, 0.29) is 12.3 Å². The number of benzene rings is 1. The third kappa shape index (κ3) is 3.60. The highest BCUT2D eigenvalue weighted by molar-refractivity contribution is 6.02. The van der Waals surface area contributed by atoms with Gasteiger partial charge < -0.3 is 20.4 Å². The first-order valence-electron chi connectivity index (χ1n) is 5.98. The van der Waals surface area contributed by atoms with Crippen molar-refractivity contribution in [2.75, 3.05) is 11.9 Å². The van der Waals surface area contributed by atoms with Gasteiger partial charge in [-0.05, 0) is 24.3 Å². The minimum absolute atomic E-state index is 0.0377. The number of H-pyrrole nitrogens is 2. The zero-order valence-corrected chi connectivity index (χ0v) is 10.6. The average Bonchev–Trinajstić information content (AvgIpc) is 2.88. The van der Waals surface area contributed by atoms with E-state index in [9.17, 15) is 9.59 Å². The number of imidazole rings is 1. The summed E-state index contributed by atoms with van der Waals surface area (Å²) < 4.78 is 0. The van der Waals surface area contributed by atoms with Gasteiger partial charge in [0.25, 0.3) is 5.91 Å². The normalized spacial score (nSPS) is 9.65. The SMILES string of the molecule is O=C(Nc1ccc(C#CCCO)cc1)c1c[nH]c(=O)[nH]1. The molecule has 0 aliphatic heterocycles. The molecule has 1 amide bonds. The van der Waals surface area contributed by atoms with Crippen LogP contribution in [0.2, 0.25) is 0 Å². The highest BCUT2D eigenvalue weighted by Gasteiger charge is 2.07. The first kappa shape index (κ1) is 13.6. The number of anilines is 1. The van der Waals surface area contributed by atoms with Crippen LogP contribution in [0.4, 0.5) is 5.69 Å². The van der Waals surface area contributed by atoms with E-state index < -0.39 is 11.6 Å². The summed E-state index contributed by atoms with van der Waals surface area (Å²) >= 11 is 0. The molecule has 6 nitrogen and oxygen atoms in total. The molecule has 4 N–H and O–H groups in total. The van der Waals surface area contributed by atoms with Gasteiger partial charge in [-0.2, -0.15) is 0 Å². The molecule has 2 rings (SSSR count). The number of aromatic nitrogens is 2. The molecule has 0 spiro atoms. The Bertz CT molecular complexity index is 702. The molecule has 102 valence electrons. The number of aromatic amines is 2. The Balaban J connectivity index is 2.02. The van der Waals surface area contributed by atoms with E-state index in [1.165, 1.54) is 6.20 Å². The van der Waals surface area contributed by atoms with Gasteiger partial charge in [0.2, 0.25) is 0 Å². The molecule has 0 atom stereocenters. The standard InChI is InChI=1S/C14H13N3O3/c18-8-2-1-3-10-4-6-11(7-5-10)16-13(19)12-9-15-14(20)17-12/h4-7,9,18H,2,8H2,(H,16,19)(H2,15,17,20). The Labute approximate surface area is 114 Å². The van der Waals surface area contributed by atoms with Gasteiger partial charge in [-0.1, -0.05) is 11.8 Å². The number of amides is 1. The monoisotopic (exact) mass is 271 g/mol. The molecule has 0 saturated carbocycles. The first-order chi connectivity index (χ1) is 9.69. The lowest BCUT2D eigenvalue weighted by molar-refractivity contribution is 0.102. The van der Waals surface area contributed by atoms with E-state index in [1.807, 2.05) is 0 Å². The Morgan fingerprint density at radius 2 is 2.05 bits per heavy atom. The van der Waals surface area contributed by atoms with Crippen LogP contribution < -0.4 is 11.0 Å². The van der Waals surface area contributed by atoms with Gasteiger partial charge in [0, 0.05) is 23.9 Å². The number of hydrogen-bond acceptors (Lipinski definition) is 3. The van der Waals surface area contributed by atoms with Crippen LogP contribution in [0.1, 0.15) is 22.5 Å². The number of aliphatic hydroxyl groups is 1. The van der Waals surface area contributed by atoms with Crippen LogP contribution in [0, 0.1) is 11.8 Å². The molecule has 0 saturated heterocycles. The predicted octanol–water partition coefficient (Wildman–Crippen LogP) is 0.689. The molecule has 20 heavy (non-hydrogen) atoms. The van der Waals surface area contributed by atoms with Crippen molar-refractivity contribution in [1.82, 2.24) is 9.97 Å². The number of carbonyl (C=O) groups is 1. The van der Waals surface area contributed by atoms with Crippen molar-refractivity contribution in [3.05, 3.63) is 52.2 Å². The summed E-state index contributed by atoms with van der Waals surface area (Å²) in [6, 6.07) is 6.96. The zero-order valence-electron chi connectivity index (χ0n) is 10.6. The van der Waals surface area contributed by atoms with Crippen LogP contribution in [-0.2, 0) is 0 Å². The number of hydrogen-bond donors (Lipinski definition) is 4. The van der Waals surface area contributed by atoms with E-state index in [1.54, 1.807) is 24.3 Å². The van der Waals surface area contributed by atoms with E-state index in [0.717, 1.165) is 5.56 Å². The minimum atomic E-state index is -0.426. The van der Waals surface area contributed by atoms with Gasteiger partial charge >= 0.3 is 5.69 Å². The lowest BCUT2D eigenvalue weighted by Crippen LogP contribution is -2.13. The van der Waals surface area contributed by atoms with Crippen molar-refractivity contribution < 1.29 is 9.90 Å². The van der Waals surface area contributed by atoms with Crippen molar-refractivity contribution in [3.8, 4) is 11.8 Å². The first-order valence-corrected chi connectivity index (χ1v) is 5.98. The molecule has 0 radical (unpaired) electrons. The second-order valence-corrected chi connectivity index (χ2v) is 3.96. The fourth-order valence-corrected chi connectivity index (χ4v) is 1.51. The summed E-state index contributed by atoms with van der Waals surface area (Å²) in [7, 11) is 0. The zero-order chi connectivity index (χ0) is 14.4. The van der Waals surface area contributed by atoms with E-state index >= 15 is 0 Å². The van der Waals surface area contributed by atoms with Crippen LogP contribution in [0.25, 0.3) is 0 Å². The summed E-state index contributed by atoms with van der Waals surface area (Å²) in [4.78, 5) is 27.4. The van der Waals surface area contributed by atoms with E-state index in [4.69, 9.17) is 5.11 Å². The molecular weight excluding hydrogens is 258 g/mol. The molecule has 0 aliphatic carbocycles. The van der Waals surface area contributed by atoms with Gasteiger partial charge in [0.15, 0.2) is 0 Å². The Morgan fingerprint density at radius 3 is 2.65 bits per heavy atom. The second kappa shape index (κ2) is 6.41. The molecule has 0 fully saturated rings. The third-order valence-corrected chi connectivity index (χ3v) is 2.45. The van der Waals surface area contributed by atoms with Gasteiger partial charge in [0.05, 0.1) is 6.61 Å². The molecule has 0 unspecified atom stereocenters. The Morgan fingerprint density at radius 1 is 1.30 bits per heavy atom. The van der Waals surface area contributed by atoms with Crippen molar-refractivity contribution in [1.29, 1.82) is 0 Å². The summed E-state index contributed by atoms with van der Waals surface area (Å²) in [5, 5.41) is 11.3. The lowest BCUT2D eigenvalue weighted by atomic mass is 10.2. The molecule has 0 bridgehead atoms. The van der Waals surface area contributed by atoms with Crippen molar-refractivity contribution in [3.63, 3.8) is 0 Å². The summed E-state index contributed by atoms with van der Waals surface area (Å²) in [6.07, 6.45) is 1.74. The maximum Gasteiger partial charge on any atom is 0.323 e. The van der Waals surface area contributed by atoms with Gasteiger partial charge in [-0.3, -0.25) is 4.79 Å². The van der Waals surface area contributed by atoms with Crippen LogP contribution in [0.15, 0.2) is 35.3 Å². The van der Waals surface area contributed by atoms with Crippen LogP contribution in [0.5, 0.6) is 0 Å². The fraction of sp³-hybridized carbons (Fsp3) is 0.143. The highest BCUT2D eigenvalue weighted by atomic mass is 16.2. The quantitative estimate of drug-likeness (QED) is 0.618. The maximum atomic E-state index is 11.8. The Kier molecular flexibility index (Phi) is 4.37. The van der Waals surface area contributed by atoms with E-state index in [0.29, 0.717) is 12.1 Å². The van der Waals surface area contributed by atoms with Crippen molar-refractivity contribution in [2.45, 2.75) is 6.42 Å². The number of nitrogens with one attached hydrogen (secondary N) is 3. The molecular formula is C14H13N3O3. The summed E-state index contributed by atoms with van der Waals surface area (Å²) in [6.45, 7) is 0.0377. The van der Waals surface area contributed by atoms with Crippen molar-refractivity contribution in [2.24, 2.45) is 0 Å². The van der Waals surface area contributed by atoms with Gasteiger partial charge in [0.1, 0.15) is 5.69 Å². The predicted molar refractivity (Wildman–Crippen MR) is 74.4 cm³/mol. The van der Waals surface area contributed by atoms with Crippen LogP contribution >= 0.6 is 0 Å². The number of carbonyl (C=O) groups excluding carboxylic acids is 1. The van der Waals surface area contributed by atoms with Gasteiger partial charge in [-0.15, -0.1) is 0 Å². The number of rotatable bonds is 3. The molecule has 1 heterocycles. The third-order valence-electron chi connectivity index (χ3n) is 2.45. The average molecular weight is 271 g/mol. The molecule has 6 heteroatoms. The largest absolute Gasteiger partial charge is 0.395 e. The Hall–Kier alpha value is -2.78. The molecule has 1 aromatic heterocycles. The highest BCUT2D eigenvalue weighted by Crippen LogP contribution is 2.09. The van der Waals surface area contributed by atoms with Gasteiger partial charge in [-0.25, -0.2) is 4.79 Å². The second-order valence-electron chi connectivity index (χ2n) is 3.96. The lowest BCUT2D eigenvalue weighted by Gasteiger charge is -2.03. The fourth-order valence-electron chi connectivity index (χ4n) is 1.51. The molecule has 1 aromatic carbocycles. The number of aliphatic hydroxyl groups excluding tert-OH is 1. The minimum Gasteiger partial charge on any atom is -0.395 e. The summed E-state index contributed by atoms with van der Waals surface area (Å²) in [5.41, 5.74) is 1.14. The van der Waals surface area contributed by atoms with Crippen molar-refractivity contribution >= 4 is 11.6 Å². The topological polar surface area (TPSA) is 98.0 Å². The van der Waals surface area contributed by atoms with E-state index in [2.05, 4.69) is 27.1 Å². The maximum absolute atomic E-state index is 11.8. The van der Waals surface area contributed by atoms with Crippen LogP contribution in [-0.4, -0.2) is 27.6 Å². The smallest absolute Gasteiger partial charge is 0.323 e. The molecule has 2 aromatic rings. The molecule has 0 aliphatic rings.